The first kappa shape index (κ1) is 14.1. The van der Waals surface area contributed by atoms with Gasteiger partial charge in [-0.2, -0.15) is 0 Å². The van der Waals surface area contributed by atoms with Crippen LogP contribution in [-0.4, -0.2) is 19.7 Å². The second-order valence-electron chi connectivity index (χ2n) is 4.58. The van der Waals surface area contributed by atoms with E-state index >= 15 is 0 Å². The Morgan fingerprint density at radius 3 is 2.41 bits per heavy atom. The Labute approximate surface area is 103 Å². The molecule has 0 fully saturated rings. The van der Waals surface area contributed by atoms with Gasteiger partial charge >= 0.3 is 0 Å². The third-order valence-corrected chi connectivity index (χ3v) is 2.45. The molecule has 1 atom stereocenters. The Morgan fingerprint density at radius 2 is 1.88 bits per heavy atom. The number of hydrogen-bond acceptors (Lipinski definition) is 2. The number of rotatable bonds is 7. The van der Waals surface area contributed by atoms with Gasteiger partial charge in [0.25, 0.3) is 0 Å². The van der Waals surface area contributed by atoms with E-state index in [4.69, 9.17) is 4.74 Å². The summed E-state index contributed by atoms with van der Waals surface area (Å²) in [5.74, 6) is 0.291. The molecule has 0 saturated carbocycles. The summed E-state index contributed by atoms with van der Waals surface area (Å²) in [6, 6.07) is 6.54. The van der Waals surface area contributed by atoms with Crippen LogP contribution >= 0.6 is 0 Å². The quantitative estimate of drug-likeness (QED) is 0.789. The molecule has 3 heteroatoms. The van der Waals surface area contributed by atoms with Crippen molar-refractivity contribution in [2.24, 2.45) is 5.92 Å². The van der Waals surface area contributed by atoms with Crippen molar-refractivity contribution >= 4 is 0 Å². The van der Waals surface area contributed by atoms with Gasteiger partial charge in [0.05, 0.1) is 6.10 Å². The van der Waals surface area contributed by atoms with Crippen LogP contribution in [0, 0.1) is 11.7 Å². The molecule has 0 aliphatic heterocycles. The average molecular weight is 239 g/mol. The molecule has 1 unspecified atom stereocenters. The molecular weight excluding hydrogens is 217 g/mol. The number of hydrogen-bond donors (Lipinski definition) is 1. The van der Waals surface area contributed by atoms with Crippen molar-refractivity contribution in [3.63, 3.8) is 0 Å². The molecular formula is C14H22FNO. The number of ether oxygens (including phenoxy) is 1. The minimum Gasteiger partial charge on any atom is -0.372 e. The van der Waals surface area contributed by atoms with Crippen LogP contribution < -0.4 is 5.32 Å². The van der Waals surface area contributed by atoms with Gasteiger partial charge in [0.2, 0.25) is 0 Å². The summed E-state index contributed by atoms with van der Waals surface area (Å²) in [5, 5.41) is 3.27. The standard InChI is InChI=1S/C14H22FNO/c1-4-16-9-14(17-10-11(2)3)12-5-7-13(15)8-6-12/h5-8,11,14,16H,4,9-10H2,1-3H3. The summed E-state index contributed by atoms with van der Waals surface area (Å²) >= 11 is 0. The molecule has 0 radical (unpaired) electrons. The summed E-state index contributed by atoms with van der Waals surface area (Å²) in [6.07, 6.45) is -0.00190. The highest BCUT2D eigenvalue weighted by atomic mass is 19.1. The topological polar surface area (TPSA) is 21.3 Å². The second-order valence-corrected chi connectivity index (χ2v) is 4.58. The first-order chi connectivity index (χ1) is 8.13. The largest absolute Gasteiger partial charge is 0.372 e. The van der Waals surface area contributed by atoms with Crippen molar-refractivity contribution < 1.29 is 9.13 Å². The van der Waals surface area contributed by atoms with E-state index in [1.54, 1.807) is 12.1 Å². The highest BCUT2D eigenvalue weighted by Crippen LogP contribution is 2.18. The maximum absolute atomic E-state index is 12.9. The normalized spacial score (nSPS) is 13.0. The van der Waals surface area contributed by atoms with E-state index in [0.29, 0.717) is 12.5 Å². The van der Waals surface area contributed by atoms with Crippen LogP contribution in [0.1, 0.15) is 32.4 Å². The van der Waals surface area contributed by atoms with E-state index in [1.807, 2.05) is 0 Å². The molecule has 0 heterocycles. The van der Waals surface area contributed by atoms with Crippen LogP contribution in [0.15, 0.2) is 24.3 Å². The maximum atomic E-state index is 12.9. The van der Waals surface area contributed by atoms with Crippen molar-refractivity contribution in [3.8, 4) is 0 Å². The molecule has 0 aliphatic carbocycles. The van der Waals surface area contributed by atoms with Gasteiger partial charge in [-0.25, -0.2) is 4.39 Å². The SMILES string of the molecule is CCNCC(OCC(C)C)c1ccc(F)cc1. The number of halogens is 1. The zero-order valence-electron chi connectivity index (χ0n) is 10.9. The summed E-state index contributed by atoms with van der Waals surface area (Å²) in [5.41, 5.74) is 1.02. The number of benzene rings is 1. The van der Waals surface area contributed by atoms with E-state index in [1.165, 1.54) is 12.1 Å². The lowest BCUT2D eigenvalue weighted by Gasteiger charge is -2.20. The molecule has 0 amide bonds. The van der Waals surface area contributed by atoms with Crippen LogP contribution in [0.4, 0.5) is 4.39 Å². The third kappa shape index (κ3) is 5.29. The van der Waals surface area contributed by atoms with E-state index in [9.17, 15) is 4.39 Å². The maximum Gasteiger partial charge on any atom is 0.123 e. The molecule has 0 spiro atoms. The minimum absolute atomic E-state index is 0.00190. The number of likely N-dealkylation sites (N-methyl/N-ethyl adjacent to an activating group) is 1. The van der Waals surface area contributed by atoms with Gasteiger partial charge in [0.1, 0.15) is 5.82 Å². The van der Waals surface area contributed by atoms with E-state index < -0.39 is 0 Å². The molecule has 2 nitrogen and oxygen atoms in total. The van der Waals surface area contributed by atoms with Crippen molar-refractivity contribution in [3.05, 3.63) is 35.6 Å². The predicted molar refractivity (Wildman–Crippen MR) is 68.5 cm³/mol. The summed E-state index contributed by atoms with van der Waals surface area (Å²) in [7, 11) is 0. The summed E-state index contributed by atoms with van der Waals surface area (Å²) < 4.78 is 18.7. The minimum atomic E-state index is -0.209. The van der Waals surface area contributed by atoms with Gasteiger partial charge in [-0.15, -0.1) is 0 Å². The van der Waals surface area contributed by atoms with Gasteiger partial charge in [0.15, 0.2) is 0 Å². The van der Waals surface area contributed by atoms with E-state index in [0.717, 1.165) is 18.7 Å². The fraction of sp³-hybridized carbons (Fsp3) is 0.571. The van der Waals surface area contributed by atoms with Gasteiger partial charge < -0.3 is 10.1 Å². The van der Waals surface area contributed by atoms with Crippen molar-refractivity contribution in [1.82, 2.24) is 5.32 Å². The lowest BCUT2D eigenvalue weighted by molar-refractivity contribution is 0.0354. The summed E-state index contributed by atoms with van der Waals surface area (Å²) in [4.78, 5) is 0. The molecule has 1 rings (SSSR count). The van der Waals surface area contributed by atoms with Crippen LogP contribution in [0.3, 0.4) is 0 Å². The average Bonchev–Trinajstić information content (AvgIpc) is 2.30. The lowest BCUT2D eigenvalue weighted by Crippen LogP contribution is -2.24. The Balaban J connectivity index is 2.63. The third-order valence-electron chi connectivity index (χ3n) is 2.45. The Morgan fingerprint density at radius 1 is 1.24 bits per heavy atom. The van der Waals surface area contributed by atoms with Crippen LogP contribution in [-0.2, 0) is 4.74 Å². The fourth-order valence-corrected chi connectivity index (χ4v) is 1.53. The Hall–Kier alpha value is -0.930. The lowest BCUT2D eigenvalue weighted by atomic mass is 10.1. The van der Waals surface area contributed by atoms with Crippen LogP contribution in [0.5, 0.6) is 0 Å². The monoisotopic (exact) mass is 239 g/mol. The predicted octanol–water partition coefficient (Wildman–Crippen LogP) is 3.15. The highest BCUT2D eigenvalue weighted by molar-refractivity contribution is 5.19. The van der Waals surface area contributed by atoms with Gasteiger partial charge in [0, 0.05) is 13.2 Å². The van der Waals surface area contributed by atoms with Gasteiger partial charge in [-0.3, -0.25) is 0 Å². The van der Waals surface area contributed by atoms with Crippen LogP contribution in [0.25, 0.3) is 0 Å². The summed E-state index contributed by atoms with van der Waals surface area (Å²) in [6.45, 7) is 8.68. The van der Waals surface area contributed by atoms with E-state index in [-0.39, 0.29) is 11.9 Å². The molecule has 1 N–H and O–H groups in total. The first-order valence-electron chi connectivity index (χ1n) is 6.21. The number of nitrogens with one attached hydrogen (secondary N) is 1. The van der Waals surface area contributed by atoms with Crippen molar-refractivity contribution in [1.29, 1.82) is 0 Å². The molecule has 1 aromatic rings. The van der Waals surface area contributed by atoms with Crippen molar-refractivity contribution in [2.75, 3.05) is 19.7 Å². The molecule has 0 saturated heterocycles. The van der Waals surface area contributed by atoms with Crippen molar-refractivity contribution in [2.45, 2.75) is 26.9 Å². The van der Waals surface area contributed by atoms with Gasteiger partial charge in [-0.05, 0) is 30.2 Å². The molecule has 1 aromatic carbocycles. The van der Waals surface area contributed by atoms with Gasteiger partial charge in [-0.1, -0.05) is 32.9 Å². The first-order valence-corrected chi connectivity index (χ1v) is 6.21. The molecule has 0 aromatic heterocycles. The van der Waals surface area contributed by atoms with Crippen LogP contribution in [0.2, 0.25) is 0 Å². The highest BCUT2D eigenvalue weighted by Gasteiger charge is 2.12. The zero-order chi connectivity index (χ0) is 12.7. The molecule has 0 aliphatic rings. The Bertz CT molecular complexity index is 311. The molecule has 0 bridgehead atoms. The molecule has 96 valence electrons. The zero-order valence-corrected chi connectivity index (χ0v) is 10.9. The Kier molecular flexibility index (Phi) is 6.16. The second kappa shape index (κ2) is 7.41. The molecule has 17 heavy (non-hydrogen) atoms. The van der Waals surface area contributed by atoms with E-state index in [2.05, 4.69) is 26.1 Å². The smallest absolute Gasteiger partial charge is 0.123 e. The fourth-order valence-electron chi connectivity index (χ4n) is 1.53.